The average molecular weight is 302 g/mol. The summed E-state index contributed by atoms with van der Waals surface area (Å²) in [6.07, 6.45) is 2.09. The minimum Gasteiger partial charge on any atom is -0.242 e. The molecular formula is C18H22O4. The van der Waals surface area contributed by atoms with Gasteiger partial charge < -0.3 is 0 Å². The van der Waals surface area contributed by atoms with Gasteiger partial charge in [-0.3, -0.25) is 0 Å². The molecule has 0 aromatic rings. The van der Waals surface area contributed by atoms with E-state index < -0.39 is 11.9 Å². The number of rotatable bonds is 3. The highest BCUT2D eigenvalue weighted by atomic mass is 17.2. The van der Waals surface area contributed by atoms with Gasteiger partial charge in [-0.15, -0.1) is 0 Å². The first-order valence-corrected chi connectivity index (χ1v) is 7.40. The molecule has 0 bridgehead atoms. The van der Waals surface area contributed by atoms with E-state index in [1.165, 1.54) is 18.1 Å². The van der Waals surface area contributed by atoms with E-state index in [0.29, 0.717) is 11.5 Å². The molecule has 0 saturated heterocycles. The van der Waals surface area contributed by atoms with Crippen LogP contribution in [0.25, 0.3) is 0 Å². The third kappa shape index (κ3) is 2.91. The number of hydrogen-bond donors (Lipinski definition) is 0. The smallest absolute Gasteiger partial charge is 0.242 e. The first kappa shape index (κ1) is 16.3. The van der Waals surface area contributed by atoms with E-state index in [9.17, 15) is 9.59 Å². The van der Waals surface area contributed by atoms with E-state index in [0.717, 1.165) is 24.0 Å². The van der Waals surface area contributed by atoms with E-state index in [2.05, 4.69) is 29.9 Å². The van der Waals surface area contributed by atoms with Gasteiger partial charge in [0.15, 0.2) is 0 Å². The molecule has 2 atom stereocenters. The Morgan fingerprint density at radius 3 is 2.23 bits per heavy atom. The summed E-state index contributed by atoms with van der Waals surface area (Å²) in [5.74, 6) is -0.709. The lowest BCUT2D eigenvalue weighted by Gasteiger charge is -2.19. The Bertz CT molecular complexity index is 633. The second-order valence-corrected chi connectivity index (χ2v) is 6.22. The van der Waals surface area contributed by atoms with Crippen molar-refractivity contribution in [1.29, 1.82) is 0 Å². The van der Waals surface area contributed by atoms with Gasteiger partial charge in [-0.2, -0.15) is 0 Å². The summed E-state index contributed by atoms with van der Waals surface area (Å²) in [6, 6.07) is 0. The molecule has 0 spiro atoms. The van der Waals surface area contributed by atoms with Crippen molar-refractivity contribution in [3.8, 4) is 0 Å². The first-order chi connectivity index (χ1) is 10.3. The van der Waals surface area contributed by atoms with Crippen LogP contribution in [0.2, 0.25) is 0 Å². The number of carbonyl (C=O) groups is 2. The first-order valence-electron chi connectivity index (χ1n) is 7.40. The molecule has 1 saturated carbocycles. The van der Waals surface area contributed by atoms with Crippen LogP contribution in [0.3, 0.4) is 0 Å². The molecular weight excluding hydrogens is 280 g/mol. The normalized spacial score (nSPS) is 25.1. The summed E-state index contributed by atoms with van der Waals surface area (Å²) in [5.41, 5.74) is 5.42. The summed E-state index contributed by atoms with van der Waals surface area (Å²) < 4.78 is 0. The minimum atomic E-state index is -0.741. The number of carbonyl (C=O) groups excluding carboxylic acids is 2. The second kappa shape index (κ2) is 5.95. The van der Waals surface area contributed by atoms with Crippen LogP contribution in [0.15, 0.2) is 46.6 Å². The van der Waals surface area contributed by atoms with E-state index in [-0.39, 0.29) is 11.5 Å². The predicted octanol–water partition coefficient (Wildman–Crippen LogP) is 3.81. The van der Waals surface area contributed by atoms with Crippen LogP contribution in [0.5, 0.6) is 0 Å². The molecule has 0 N–H and O–H groups in total. The Balaban J connectivity index is 2.16. The standard InChI is InChI=1S/C18H22O4/c1-9(2)13-8-7-11(5)14-15(16(13)14)12(6)18(20)22-21-17(19)10(3)4/h13,16H,1,3,7-8H2,2,4-6H3/b15-12-/t13-,16?/m0/s1. The Morgan fingerprint density at radius 1 is 1.09 bits per heavy atom. The molecule has 0 aliphatic heterocycles. The summed E-state index contributed by atoms with van der Waals surface area (Å²) in [6.45, 7) is 14.8. The molecule has 118 valence electrons. The van der Waals surface area contributed by atoms with Gasteiger partial charge in [0.1, 0.15) is 0 Å². The molecule has 1 fully saturated rings. The van der Waals surface area contributed by atoms with Crippen LogP contribution in [-0.2, 0) is 19.4 Å². The molecule has 1 unspecified atom stereocenters. The van der Waals surface area contributed by atoms with Crippen LogP contribution in [0.4, 0.5) is 0 Å². The maximum absolute atomic E-state index is 12.0. The highest BCUT2D eigenvalue weighted by Gasteiger charge is 2.49. The van der Waals surface area contributed by atoms with Gasteiger partial charge in [-0.05, 0) is 57.6 Å². The predicted molar refractivity (Wildman–Crippen MR) is 83.4 cm³/mol. The fourth-order valence-corrected chi connectivity index (χ4v) is 3.10. The summed E-state index contributed by atoms with van der Waals surface area (Å²) >= 11 is 0. The Labute approximate surface area is 131 Å². The molecule has 22 heavy (non-hydrogen) atoms. The van der Waals surface area contributed by atoms with Gasteiger partial charge in [0.05, 0.1) is 0 Å². The Morgan fingerprint density at radius 2 is 1.68 bits per heavy atom. The van der Waals surface area contributed by atoms with Crippen molar-refractivity contribution in [1.82, 2.24) is 0 Å². The van der Waals surface area contributed by atoms with E-state index in [4.69, 9.17) is 0 Å². The second-order valence-electron chi connectivity index (χ2n) is 6.22. The van der Waals surface area contributed by atoms with E-state index >= 15 is 0 Å². The third-order valence-corrected chi connectivity index (χ3v) is 4.41. The van der Waals surface area contributed by atoms with Gasteiger partial charge in [-0.1, -0.05) is 24.3 Å². The van der Waals surface area contributed by atoms with Crippen molar-refractivity contribution in [2.75, 3.05) is 0 Å². The minimum absolute atomic E-state index is 0.180. The summed E-state index contributed by atoms with van der Waals surface area (Å²) in [5, 5.41) is 0. The zero-order valence-electron chi connectivity index (χ0n) is 13.6. The maximum Gasteiger partial charge on any atom is 0.382 e. The van der Waals surface area contributed by atoms with Crippen LogP contribution < -0.4 is 0 Å². The SMILES string of the molecule is C=C(C)C(=O)OOC(=O)/C(C)=C1/C2=C(C)CC[C@@H](C(=C)C)C21. The molecule has 0 aromatic carbocycles. The Kier molecular flexibility index (Phi) is 4.40. The van der Waals surface area contributed by atoms with E-state index in [1.807, 2.05) is 6.92 Å². The summed E-state index contributed by atoms with van der Waals surface area (Å²) in [7, 11) is 0. The molecule has 2 rings (SSSR count). The van der Waals surface area contributed by atoms with Crippen molar-refractivity contribution in [3.63, 3.8) is 0 Å². The van der Waals surface area contributed by atoms with Crippen LogP contribution in [0.1, 0.15) is 40.5 Å². The van der Waals surface area contributed by atoms with Gasteiger partial charge in [0.2, 0.25) is 0 Å². The van der Waals surface area contributed by atoms with Crippen molar-refractivity contribution in [3.05, 3.63) is 46.6 Å². The van der Waals surface area contributed by atoms with Crippen molar-refractivity contribution in [2.45, 2.75) is 40.5 Å². The van der Waals surface area contributed by atoms with Crippen LogP contribution in [-0.4, -0.2) is 11.9 Å². The molecule has 4 nitrogen and oxygen atoms in total. The van der Waals surface area contributed by atoms with Crippen molar-refractivity contribution >= 4 is 11.9 Å². The lowest BCUT2D eigenvalue weighted by atomic mass is 9.85. The summed E-state index contributed by atoms with van der Waals surface area (Å²) in [4.78, 5) is 32.4. The van der Waals surface area contributed by atoms with Gasteiger partial charge in [0, 0.05) is 17.1 Å². The molecule has 2 aliphatic rings. The zero-order chi connectivity index (χ0) is 16.6. The molecule has 0 radical (unpaired) electrons. The van der Waals surface area contributed by atoms with Crippen LogP contribution >= 0.6 is 0 Å². The molecule has 4 heteroatoms. The number of hydrogen-bond acceptors (Lipinski definition) is 4. The molecule has 2 aliphatic carbocycles. The largest absolute Gasteiger partial charge is 0.382 e. The van der Waals surface area contributed by atoms with E-state index in [1.54, 1.807) is 6.92 Å². The van der Waals surface area contributed by atoms with Gasteiger partial charge in [0.25, 0.3) is 0 Å². The van der Waals surface area contributed by atoms with Crippen molar-refractivity contribution in [2.24, 2.45) is 11.8 Å². The average Bonchev–Trinajstić information content (AvgIpc) is 3.19. The number of allylic oxidation sites excluding steroid dienone is 4. The molecule has 0 amide bonds. The molecule has 0 aromatic heterocycles. The van der Waals surface area contributed by atoms with Gasteiger partial charge >= 0.3 is 11.9 Å². The monoisotopic (exact) mass is 302 g/mol. The lowest BCUT2D eigenvalue weighted by Crippen LogP contribution is -2.13. The quantitative estimate of drug-likeness (QED) is 0.344. The van der Waals surface area contributed by atoms with Gasteiger partial charge in [-0.25, -0.2) is 19.4 Å². The third-order valence-electron chi connectivity index (χ3n) is 4.41. The maximum atomic E-state index is 12.0. The molecule has 0 heterocycles. The highest BCUT2D eigenvalue weighted by Crippen LogP contribution is 2.59. The highest BCUT2D eigenvalue weighted by molar-refractivity contribution is 5.93. The fourth-order valence-electron chi connectivity index (χ4n) is 3.10. The van der Waals surface area contributed by atoms with Crippen molar-refractivity contribution < 1.29 is 19.4 Å². The topological polar surface area (TPSA) is 52.6 Å². The fraction of sp³-hybridized carbons (Fsp3) is 0.444. The Hall–Kier alpha value is -2.10. The number of fused-ring (bicyclic) bond motifs is 1. The van der Waals surface area contributed by atoms with Crippen LogP contribution in [0, 0.1) is 11.8 Å². The lowest BCUT2D eigenvalue weighted by molar-refractivity contribution is -0.252. The zero-order valence-corrected chi connectivity index (χ0v) is 13.6.